The second-order valence-electron chi connectivity index (χ2n) is 32.8. The molecule has 0 aromatic rings. The van der Waals surface area contributed by atoms with Crippen LogP contribution in [0.2, 0.25) is 0 Å². The minimum Gasteiger partial charge on any atom is -0.463 e. The molecule has 18 heteroatoms. The van der Waals surface area contributed by atoms with Crippen LogP contribution in [0.25, 0.3) is 0 Å². The van der Waals surface area contributed by atoms with E-state index in [1.807, 2.05) is 0 Å². The number of phosphoric acid groups is 2. The molecule has 0 radical (unpaired) electrons. The van der Waals surface area contributed by atoms with Crippen LogP contribution < -0.4 is 0 Å². The van der Waals surface area contributed by atoms with E-state index in [4.69, 9.17) is 32.3 Å². The van der Waals surface area contributed by atoms with Crippen molar-refractivity contribution in [3.05, 3.63) is 170 Å². The van der Waals surface area contributed by atoms with Crippen LogP contribution in [0.3, 0.4) is 0 Å². The molecule has 4 N–H and O–H groups in total. The molecule has 5 unspecified atom stereocenters. The van der Waals surface area contributed by atoms with E-state index in [-0.39, 0.29) is 19.3 Å². The average Bonchev–Trinajstić information content (AvgIpc) is 0.890. The van der Waals surface area contributed by atoms with Crippen molar-refractivity contribution in [1.82, 2.24) is 0 Å². The highest BCUT2D eigenvalue weighted by Crippen LogP contribution is 2.45. The molecule has 0 heterocycles. The van der Waals surface area contributed by atoms with Crippen molar-refractivity contribution < 1.29 is 75.8 Å². The number of allylic oxidation sites excluding steroid dienone is 28. The van der Waals surface area contributed by atoms with Crippen LogP contribution in [0.5, 0.6) is 0 Å². The Hall–Kier alpha value is -5.09. The van der Waals surface area contributed by atoms with Gasteiger partial charge in [0, 0.05) is 19.3 Å². The van der Waals surface area contributed by atoms with E-state index in [0.717, 1.165) is 180 Å². The number of hydrogen-bond donors (Lipinski definition) is 4. The number of rotatable bonds is 93. The first kappa shape index (κ1) is 118. The van der Waals surface area contributed by atoms with Gasteiger partial charge in [-0.2, -0.15) is 0 Å². The molecule has 0 aliphatic heterocycles. The third kappa shape index (κ3) is 97.4. The monoisotopic (exact) mass is 1760 g/mol. The van der Waals surface area contributed by atoms with Crippen LogP contribution in [0.4, 0.5) is 0 Å². The molecule has 0 aromatic heterocycles. The van der Waals surface area contributed by atoms with E-state index < -0.39 is 91.5 Å². The van der Waals surface area contributed by atoms with E-state index in [2.05, 4.69) is 191 Å². The van der Waals surface area contributed by atoms with Crippen molar-refractivity contribution in [1.29, 1.82) is 0 Å². The molecule has 0 amide bonds. The fraction of sp³-hybridized carbons (Fsp3) is 0.705. The Bertz CT molecular complexity index is 2920. The lowest BCUT2D eigenvalue weighted by molar-refractivity contribution is -0.161. The summed E-state index contributed by atoms with van der Waals surface area (Å²) in [6, 6.07) is 0. The standard InChI is InChI=1S/C105H180O16P2/c1-4-7-10-13-16-19-22-25-28-31-34-37-40-42-44-46-47-48-49-50-51-53-55-56-59-61-64-67-70-73-76-79-82-85-88-91-103(108)115-94-100(106)95-117-122(111,112)118-96-101(107)97-119-123(113,114)120-99-102(121-105(110)93-90-87-84-81-78-75-72-69-66-63-58-39-36-33-30-27-24-21-18-15-12-9-6-3)98-116-104(109)92-89-86-83-80-77-74-71-68-65-62-60-57-54-52-45-43-41-38-35-32-29-26-23-20-17-14-11-8-5-2/h7-8,10-11,16-21,25-30,34-39,42-45,63,66,100-102,106-107H,4-6,9,12-15,22-24,31-33,40-41,46-62,64-65,67-99H2,1-3H3,(H,111,112)(H,113,114)/b10-7-,11-8-,19-16-,20-17-,21-18-,28-25-,29-26-,30-27-,37-34-,38-35-,39-36-,44-42-,45-43-,66-63-. The average molecular weight is 1760 g/mol. The Morgan fingerprint density at radius 2 is 0.431 bits per heavy atom. The van der Waals surface area contributed by atoms with Gasteiger partial charge in [0.1, 0.15) is 25.4 Å². The van der Waals surface area contributed by atoms with Crippen molar-refractivity contribution in [2.75, 3.05) is 39.6 Å². The predicted molar refractivity (Wildman–Crippen MR) is 519 cm³/mol. The first-order valence-electron chi connectivity index (χ1n) is 49.4. The smallest absolute Gasteiger partial charge is 0.463 e. The third-order valence-electron chi connectivity index (χ3n) is 20.9. The molecule has 0 aromatic carbocycles. The highest BCUT2D eigenvalue weighted by molar-refractivity contribution is 7.47. The van der Waals surface area contributed by atoms with E-state index in [1.165, 1.54) is 180 Å². The first-order chi connectivity index (χ1) is 60.2. The molecule has 5 atom stereocenters. The summed E-state index contributed by atoms with van der Waals surface area (Å²) in [7, 11) is -9.82. The van der Waals surface area contributed by atoms with Crippen LogP contribution in [-0.2, 0) is 55.8 Å². The topological polar surface area (TPSA) is 231 Å². The number of carbonyl (C=O) groups excluding carboxylic acids is 3. The van der Waals surface area contributed by atoms with Gasteiger partial charge in [-0.15, -0.1) is 0 Å². The summed E-state index contributed by atoms with van der Waals surface area (Å²) < 4.78 is 61.6. The van der Waals surface area contributed by atoms with Crippen LogP contribution in [0, 0.1) is 0 Å². The van der Waals surface area contributed by atoms with E-state index in [0.29, 0.717) is 19.3 Å². The summed E-state index contributed by atoms with van der Waals surface area (Å²) >= 11 is 0. The van der Waals surface area contributed by atoms with Gasteiger partial charge in [0.25, 0.3) is 0 Å². The fourth-order valence-corrected chi connectivity index (χ4v) is 15.1. The summed E-state index contributed by atoms with van der Waals surface area (Å²) in [6.45, 7) is 2.48. The molecule has 0 aliphatic rings. The van der Waals surface area contributed by atoms with Crippen LogP contribution in [-0.4, -0.2) is 95.9 Å². The Kier molecular flexibility index (Phi) is 92.0. The highest BCUT2D eigenvalue weighted by atomic mass is 31.2. The molecule has 0 aliphatic carbocycles. The Morgan fingerprint density at radius 1 is 0.236 bits per heavy atom. The minimum atomic E-state index is -4.95. The lowest BCUT2D eigenvalue weighted by atomic mass is 10.0. The summed E-state index contributed by atoms with van der Waals surface area (Å²) in [5.41, 5.74) is 0. The van der Waals surface area contributed by atoms with Gasteiger partial charge in [0.2, 0.25) is 0 Å². The van der Waals surface area contributed by atoms with Gasteiger partial charge >= 0.3 is 33.6 Å². The number of aliphatic hydroxyl groups excluding tert-OH is 2. The number of unbranched alkanes of at least 4 members (excludes halogenated alkanes) is 42. The van der Waals surface area contributed by atoms with Gasteiger partial charge < -0.3 is 34.2 Å². The normalized spacial score (nSPS) is 14.4. The highest BCUT2D eigenvalue weighted by Gasteiger charge is 2.30. The summed E-state index contributed by atoms with van der Waals surface area (Å²) in [5, 5.41) is 20.8. The van der Waals surface area contributed by atoms with Crippen LogP contribution >= 0.6 is 15.6 Å². The molecule has 706 valence electrons. The number of esters is 3. The van der Waals surface area contributed by atoms with Crippen molar-refractivity contribution >= 4 is 33.6 Å². The number of aliphatic hydroxyl groups is 2. The van der Waals surface area contributed by atoms with Gasteiger partial charge in [-0.25, -0.2) is 9.13 Å². The van der Waals surface area contributed by atoms with Gasteiger partial charge in [-0.05, 0) is 154 Å². The zero-order chi connectivity index (χ0) is 89.3. The van der Waals surface area contributed by atoms with Crippen molar-refractivity contribution in [2.45, 2.75) is 437 Å². The summed E-state index contributed by atoms with van der Waals surface area (Å²) in [6.07, 6.45) is 126. The lowest BCUT2D eigenvalue weighted by Gasteiger charge is -2.21. The molecule has 0 spiro atoms. The van der Waals surface area contributed by atoms with Gasteiger partial charge in [-0.1, -0.05) is 416 Å². The van der Waals surface area contributed by atoms with E-state index >= 15 is 0 Å². The van der Waals surface area contributed by atoms with E-state index in [9.17, 15) is 43.5 Å². The van der Waals surface area contributed by atoms with Gasteiger partial charge in [-0.3, -0.25) is 32.5 Å². The van der Waals surface area contributed by atoms with Crippen LogP contribution in [0.15, 0.2) is 170 Å². The largest absolute Gasteiger partial charge is 0.472 e. The summed E-state index contributed by atoms with van der Waals surface area (Å²) in [5.74, 6) is -1.57. The maximum Gasteiger partial charge on any atom is 0.472 e. The zero-order valence-corrected chi connectivity index (χ0v) is 79.9. The number of hydrogen-bond acceptors (Lipinski definition) is 14. The lowest BCUT2D eigenvalue weighted by Crippen LogP contribution is -2.30. The Morgan fingerprint density at radius 3 is 0.683 bits per heavy atom. The molecule has 0 fully saturated rings. The molecule has 0 saturated heterocycles. The molecule has 123 heavy (non-hydrogen) atoms. The molecule has 0 saturated carbocycles. The van der Waals surface area contributed by atoms with Gasteiger partial charge in [0.05, 0.1) is 26.4 Å². The zero-order valence-electron chi connectivity index (χ0n) is 78.1. The van der Waals surface area contributed by atoms with Crippen molar-refractivity contribution in [3.8, 4) is 0 Å². The second-order valence-corrected chi connectivity index (χ2v) is 35.7. The van der Waals surface area contributed by atoms with Gasteiger partial charge in [0.15, 0.2) is 6.10 Å². The van der Waals surface area contributed by atoms with Crippen molar-refractivity contribution in [2.24, 2.45) is 0 Å². The summed E-state index contributed by atoms with van der Waals surface area (Å²) in [4.78, 5) is 59.1. The van der Waals surface area contributed by atoms with Crippen LogP contribution in [0.1, 0.15) is 419 Å². The minimum absolute atomic E-state index is 0.0891. The number of ether oxygens (including phenoxy) is 3. The molecular weight excluding hydrogens is 1580 g/mol. The number of phosphoric ester groups is 2. The third-order valence-corrected chi connectivity index (χ3v) is 22.8. The Balaban J connectivity index is 4.55. The predicted octanol–water partition coefficient (Wildman–Crippen LogP) is 31.0. The molecule has 16 nitrogen and oxygen atoms in total. The maximum atomic E-state index is 13.1. The fourth-order valence-electron chi connectivity index (χ4n) is 13.5. The molecular formula is C105H180O16P2. The molecule has 0 bridgehead atoms. The van der Waals surface area contributed by atoms with E-state index in [1.54, 1.807) is 0 Å². The second kappa shape index (κ2) is 96.0. The SMILES string of the molecule is CC/C=C\C/C=C\C/C=C\C/C=C\C/C=C\CCCCCCCCCCCCCCCCCCCCCC(=O)OCC(O)COP(=O)(O)OCC(O)COP(=O)(O)OCC(COC(=O)CCCCCCCCCCCCCCC/C=C\C/C=C\C/C=C\C/C=C\C/C=C\CC)OC(=O)CCCCCCCCC/C=C\C/C=C\C/C=C\C/C=C\CCCCC. The maximum absolute atomic E-state index is 13.1. The molecule has 0 rings (SSSR count). The Labute approximate surface area is 752 Å². The first-order valence-corrected chi connectivity index (χ1v) is 52.4. The number of carbonyl (C=O) groups is 3. The quantitative estimate of drug-likeness (QED) is 0.0146. The van der Waals surface area contributed by atoms with Crippen molar-refractivity contribution in [3.63, 3.8) is 0 Å².